The molecule has 1 heterocycles. The van der Waals surface area contributed by atoms with Gasteiger partial charge in [-0.25, -0.2) is 9.78 Å². The summed E-state index contributed by atoms with van der Waals surface area (Å²) in [5.41, 5.74) is 3.73. The van der Waals surface area contributed by atoms with E-state index in [9.17, 15) is 4.79 Å². The Morgan fingerprint density at radius 3 is 2.65 bits per heavy atom. The average Bonchev–Trinajstić information content (AvgIpc) is 3.11. The Morgan fingerprint density at radius 1 is 1.16 bits per heavy atom. The molecule has 0 unspecified atom stereocenters. The van der Waals surface area contributed by atoms with Crippen LogP contribution < -0.4 is 5.32 Å². The number of hydrogen-bond acceptors (Lipinski definition) is 4. The number of nitrogens with one attached hydrogen (secondary N) is 1. The first-order valence-electron chi connectivity index (χ1n) is 10.5. The van der Waals surface area contributed by atoms with Crippen LogP contribution in [-0.4, -0.2) is 30.3 Å². The predicted molar refractivity (Wildman–Crippen MR) is 127 cm³/mol. The van der Waals surface area contributed by atoms with Gasteiger partial charge < -0.3 is 19.4 Å². The van der Waals surface area contributed by atoms with Gasteiger partial charge in [0.05, 0.1) is 17.6 Å². The van der Waals surface area contributed by atoms with Gasteiger partial charge >= 0.3 is 6.09 Å². The van der Waals surface area contributed by atoms with E-state index < -0.39 is 14.2 Å². The summed E-state index contributed by atoms with van der Waals surface area (Å²) in [6, 6.07) is 16.6. The smallest absolute Gasteiger partial charge is 0.407 e. The fourth-order valence-electron chi connectivity index (χ4n) is 3.16. The highest BCUT2D eigenvalue weighted by molar-refractivity contribution is 6.76. The van der Waals surface area contributed by atoms with Crippen molar-refractivity contribution in [1.29, 1.82) is 0 Å². The highest BCUT2D eigenvalue weighted by Gasteiger charge is 2.16. The second kappa shape index (κ2) is 10.4. The topological polar surface area (TPSA) is 65.4 Å². The molecule has 0 fully saturated rings. The minimum Gasteiger partial charge on any atom is -0.445 e. The summed E-state index contributed by atoms with van der Waals surface area (Å²) >= 11 is 0. The highest BCUT2D eigenvalue weighted by atomic mass is 28.3. The number of imidazole rings is 1. The minimum absolute atomic E-state index is 0.226. The monoisotopic (exact) mass is 437 g/mol. The number of rotatable bonds is 10. The maximum atomic E-state index is 12.2. The van der Waals surface area contributed by atoms with Crippen molar-refractivity contribution in [2.75, 3.05) is 6.61 Å². The van der Waals surface area contributed by atoms with Crippen molar-refractivity contribution in [2.45, 2.75) is 45.6 Å². The first kappa shape index (κ1) is 22.8. The van der Waals surface area contributed by atoms with Crippen LogP contribution in [0.15, 0.2) is 55.1 Å². The molecule has 0 radical (unpaired) electrons. The maximum absolute atomic E-state index is 12.2. The Labute approximate surface area is 184 Å². The molecule has 1 N–H and O–H groups in total. The van der Waals surface area contributed by atoms with Crippen molar-refractivity contribution in [2.24, 2.45) is 0 Å². The van der Waals surface area contributed by atoms with Crippen LogP contribution in [0.4, 0.5) is 4.79 Å². The molecule has 0 atom stereocenters. The van der Waals surface area contributed by atoms with Gasteiger partial charge in [0, 0.05) is 14.7 Å². The lowest BCUT2D eigenvalue weighted by Crippen LogP contribution is -2.26. The third kappa shape index (κ3) is 6.54. The molecule has 3 rings (SSSR count). The number of carbonyl (C=O) groups excluding carboxylic acids is 1. The van der Waals surface area contributed by atoms with Crippen molar-refractivity contribution >= 4 is 31.3 Å². The molecule has 1 aromatic heterocycles. The molecule has 2 aromatic carbocycles. The van der Waals surface area contributed by atoms with Crippen LogP contribution in [0.5, 0.6) is 0 Å². The van der Waals surface area contributed by atoms with Crippen LogP contribution in [0.3, 0.4) is 0 Å². The summed E-state index contributed by atoms with van der Waals surface area (Å²) in [5.74, 6) is 0.717. The summed E-state index contributed by atoms with van der Waals surface area (Å²) < 4.78 is 13.3. The molecule has 164 valence electrons. The number of para-hydroxylation sites is 1. The molecule has 0 aliphatic carbocycles. The highest BCUT2D eigenvalue weighted by Crippen LogP contribution is 2.22. The summed E-state index contributed by atoms with van der Waals surface area (Å²) in [6.45, 7) is 12.5. The Kier molecular flexibility index (Phi) is 7.65. The summed E-state index contributed by atoms with van der Waals surface area (Å²) in [7, 11) is -1.17. The second-order valence-corrected chi connectivity index (χ2v) is 14.3. The van der Waals surface area contributed by atoms with E-state index in [1.165, 1.54) is 0 Å². The Balaban J connectivity index is 1.69. The number of alkyl carbamates (subject to hydrolysis) is 1. The first-order chi connectivity index (χ1) is 14.9. The lowest BCUT2D eigenvalue weighted by atomic mass is 10.2. The molecule has 0 aliphatic rings. The quantitative estimate of drug-likeness (QED) is 0.340. The van der Waals surface area contributed by atoms with E-state index in [4.69, 9.17) is 14.5 Å². The van der Waals surface area contributed by atoms with Crippen LogP contribution >= 0.6 is 0 Å². The fourth-order valence-corrected chi connectivity index (χ4v) is 3.92. The van der Waals surface area contributed by atoms with Crippen molar-refractivity contribution in [3.63, 3.8) is 0 Å². The summed E-state index contributed by atoms with van der Waals surface area (Å²) in [4.78, 5) is 16.9. The first-order valence-corrected chi connectivity index (χ1v) is 14.2. The van der Waals surface area contributed by atoms with Gasteiger partial charge in [0.15, 0.2) is 0 Å². The average molecular weight is 438 g/mol. The zero-order valence-corrected chi connectivity index (χ0v) is 19.6. The van der Waals surface area contributed by atoms with Crippen molar-refractivity contribution in [1.82, 2.24) is 14.9 Å². The molecule has 3 aromatic rings. The lowest BCUT2D eigenvalue weighted by molar-refractivity contribution is 0.0873. The van der Waals surface area contributed by atoms with Gasteiger partial charge in [-0.2, -0.15) is 0 Å². The molecule has 31 heavy (non-hydrogen) atoms. The van der Waals surface area contributed by atoms with E-state index in [0.29, 0.717) is 19.2 Å². The minimum atomic E-state index is -1.17. The van der Waals surface area contributed by atoms with Gasteiger partial charge in [-0.05, 0) is 23.2 Å². The number of benzene rings is 2. The van der Waals surface area contributed by atoms with Gasteiger partial charge in [-0.15, -0.1) is 0 Å². The predicted octanol–water partition coefficient (Wildman–Crippen LogP) is 5.42. The molecule has 0 saturated heterocycles. The number of carbonyl (C=O) groups is 1. The fraction of sp³-hybridized carbons (Fsp3) is 0.333. The van der Waals surface area contributed by atoms with E-state index in [-0.39, 0.29) is 13.2 Å². The SMILES string of the molecule is C=Cc1cccc2nc(CNC(=O)OCc3ccccc3)n(COCC[Si](C)(C)C)c12. The van der Waals surface area contributed by atoms with E-state index in [1.54, 1.807) is 0 Å². The molecule has 0 saturated carbocycles. The van der Waals surface area contributed by atoms with E-state index in [2.05, 4.69) is 31.5 Å². The molecule has 1 amide bonds. The number of fused-ring (bicyclic) bond motifs is 1. The van der Waals surface area contributed by atoms with Gasteiger partial charge in [-0.1, -0.05) is 74.8 Å². The van der Waals surface area contributed by atoms with Crippen LogP contribution in [0.1, 0.15) is 17.0 Å². The number of hydrogen-bond donors (Lipinski definition) is 1. The number of amides is 1. The van der Waals surface area contributed by atoms with Crippen molar-refractivity contribution < 1.29 is 14.3 Å². The van der Waals surface area contributed by atoms with E-state index in [1.807, 2.05) is 59.2 Å². The molecule has 0 bridgehead atoms. The summed E-state index contributed by atoms with van der Waals surface area (Å²) in [5, 5.41) is 2.80. The van der Waals surface area contributed by atoms with Crippen LogP contribution in [0, 0.1) is 0 Å². The molecular weight excluding hydrogens is 406 g/mol. The normalized spacial score (nSPS) is 11.5. The Hall–Kier alpha value is -2.90. The third-order valence-electron chi connectivity index (χ3n) is 4.92. The molecule has 6 nitrogen and oxygen atoms in total. The van der Waals surface area contributed by atoms with Crippen LogP contribution in [-0.2, 0) is 29.4 Å². The Morgan fingerprint density at radius 2 is 1.94 bits per heavy atom. The molecule has 0 aliphatic heterocycles. The van der Waals surface area contributed by atoms with Crippen LogP contribution in [0.25, 0.3) is 17.1 Å². The van der Waals surface area contributed by atoms with E-state index in [0.717, 1.165) is 28.2 Å². The van der Waals surface area contributed by atoms with Crippen LogP contribution in [0.2, 0.25) is 25.7 Å². The van der Waals surface area contributed by atoms with Gasteiger partial charge in [0.2, 0.25) is 0 Å². The molecule has 0 spiro atoms. The molecule has 7 heteroatoms. The Bertz CT molecular complexity index is 1030. The van der Waals surface area contributed by atoms with Gasteiger partial charge in [-0.3, -0.25) is 0 Å². The number of aromatic nitrogens is 2. The standard InChI is InChI=1S/C24H31N3O3Si/c1-5-20-12-9-13-21-23(20)27(18-29-14-15-31(2,3)4)22(26-21)16-25-24(28)30-17-19-10-7-6-8-11-19/h5-13H,1,14-18H2,2-4H3,(H,25,28). The third-order valence-corrected chi connectivity index (χ3v) is 6.62. The summed E-state index contributed by atoms with van der Waals surface area (Å²) in [6.07, 6.45) is 1.33. The van der Waals surface area contributed by atoms with Crippen molar-refractivity contribution in [3.05, 3.63) is 72.1 Å². The zero-order valence-electron chi connectivity index (χ0n) is 18.6. The number of ether oxygens (including phenoxy) is 2. The zero-order chi connectivity index (χ0) is 22.3. The second-order valence-electron chi connectivity index (χ2n) is 8.64. The maximum Gasteiger partial charge on any atom is 0.407 e. The van der Waals surface area contributed by atoms with Gasteiger partial charge in [0.25, 0.3) is 0 Å². The number of nitrogens with zero attached hydrogens (tertiary/aromatic N) is 2. The largest absolute Gasteiger partial charge is 0.445 e. The lowest BCUT2D eigenvalue weighted by Gasteiger charge is -2.17. The van der Waals surface area contributed by atoms with Crippen molar-refractivity contribution in [3.8, 4) is 0 Å². The van der Waals surface area contributed by atoms with E-state index >= 15 is 0 Å². The molecular formula is C24H31N3O3Si. The van der Waals surface area contributed by atoms with Gasteiger partial charge in [0.1, 0.15) is 19.2 Å².